The smallest absolute Gasteiger partial charge is 0.304 e. The van der Waals surface area contributed by atoms with Gasteiger partial charge in [-0.25, -0.2) is 5.43 Å². The van der Waals surface area contributed by atoms with Crippen molar-refractivity contribution in [2.24, 2.45) is 5.92 Å². The van der Waals surface area contributed by atoms with Crippen molar-refractivity contribution in [3.63, 3.8) is 0 Å². The van der Waals surface area contributed by atoms with Crippen molar-refractivity contribution < 1.29 is 19.5 Å². The lowest BCUT2D eigenvalue weighted by molar-refractivity contribution is -0.141. The molecule has 0 saturated heterocycles. The van der Waals surface area contributed by atoms with Gasteiger partial charge in [0.2, 0.25) is 5.91 Å². The molecule has 0 aliphatic carbocycles. The second-order valence-electron chi connectivity index (χ2n) is 7.80. The van der Waals surface area contributed by atoms with E-state index < -0.39 is 23.8 Å². The van der Waals surface area contributed by atoms with E-state index in [2.05, 4.69) is 55.2 Å². The van der Waals surface area contributed by atoms with E-state index in [1.54, 1.807) is 0 Å². The Kier molecular flexibility index (Phi) is 16.4. The third kappa shape index (κ3) is 16.3. The molecule has 0 heterocycles. The molecule has 0 spiro atoms. The average Bonchev–Trinajstić information content (AvgIpc) is 2.69. The number of aliphatic carboxylic acids is 1. The summed E-state index contributed by atoms with van der Waals surface area (Å²) in [5.41, 5.74) is 9.90. The van der Waals surface area contributed by atoms with Gasteiger partial charge in [0.1, 0.15) is 6.29 Å². The molecule has 0 aromatic heterocycles. The van der Waals surface area contributed by atoms with Crippen LogP contribution in [0, 0.1) is 5.92 Å². The van der Waals surface area contributed by atoms with Crippen LogP contribution in [0.5, 0.6) is 0 Å². The van der Waals surface area contributed by atoms with Gasteiger partial charge >= 0.3 is 5.97 Å². The molecule has 0 aliphatic rings. The van der Waals surface area contributed by atoms with Crippen molar-refractivity contribution in [2.45, 2.75) is 65.8 Å². The standard InChI is InChI=1S/C23H39N3O4S/c1-17(2)8-6-9-18(3)10-7-11-20(26-24-5)12-13-31-16-21(15-27)25-23(30)19(4)14-22(28)29/h8,10,12,15,19,21,24,26H,6-7,9,11,13-14,16H2,1-5H3,(H,25,30)(H,28,29)/b18-10+,20-12-. The molecule has 0 bridgehead atoms. The third-order valence-electron chi connectivity index (χ3n) is 4.45. The van der Waals surface area contributed by atoms with Gasteiger partial charge in [0.05, 0.1) is 12.5 Å². The van der Waals surface area contributed by atoms with E-state index in [9.17, 15) is 14.4 Å². The molecule has 1 amide bonds. The number of carbonyl (C=O) groups is 3. The van der Waals surface area contributed by atoms with Gasteiger partial charge < -0.3 is 20.6 Å². The van der Waals surface area contributed by atoms with Gasteiger partial charge in [-0.15, -0.1) is 0 Å². The molecular formula is C23H39N3O4S. The molecule has 0 rings (SSSR count). The highest BCUT2D eigenvalue weighted by Gasteiger charge is 2.19. The Hall–Kier alpha value is -2.06. The molecule has 0 aromatic rings. The maximum Gasteiger partial charge on any atom is 0.304 e. The zero-order chi connectivity index (χ0) is 23.6. The summed E-state index contributed by atoms with van der Waals surface area (Å²) >= 11 is 1.53. The minimum Gasteiger partial charge on any atom is -0.481 e. The number of carboxylic acids is 1. The van der Waals surface area contributed by atoms with Gasteiger partial charge in [-0.2, -0.15) is 11.8 Å². The predicted octanol–water partition coefficient (Wildman–Crippen LogP) is 3.59. The Morgan fingerprint density at radius 1 is 1.06 bits per heavy atom. The van der Waals surface area contributed by atoms with E-state index in [-0.39, 0.29) is 6.42 Å². The number of hydrazine groups is 1. The number of carbonyl (C=O) groups excluding carboxylic acids is 2. The second kappa shape index (κ2) is 17.6. The molecule has 0 aromatic carbocycles. The van der Waals surface area contributed by atoms with Gasteiger partial charge in [0.25, 0.3) is 0 Å². The van der Waals surface area contributed by atoms with Crippen LogP contribution in [-0.2, 0) is 14.4 Å². The molecule has 0 fully saturated rings. The Bertz CT molecular complexity index is 655. The number of hydrogen-bond donors (Lipinski definition) is 4. The third-order valence-corrected chi connectivity index (χ3v) is 5.45. The van der Waals surface area contributed by atoms with Crippen LogP contribution in [0.2, 0.25) is 0 Å². The van der Waals surface area contributed by atoms with Gasteiger partial charge in [0.15, 0.2) is 0 Å². The molecule has 31 heavy (non-hydrogen) atoms. The highest BCUT2D eigenvalue weighted by molar-refractivity contribution is 7.99. The molecule has 2 unspecified atom stereocenters. The molecule has 176 valence electrons. The molecular weight excluding hydrogens is 414 g/mol. The number of thioether (sulfide) groups is 1. The monoisotopic (exact) mass is 453 g/mol. The van der Waals surface area contributed by atoms with Crippen molar-refractivity contribution in [1.82, 2.24) is 16.2 Å². The van der Waals surface area contributed by atoms with E-state index in [1.807, 2.05) is 7.05 Å². The fourth-order valence-electron chi connectivity index (χ4n) is 2.69. The number of allylic oxidation sites excluding steroid dienone is 5. The van der Waals surface area contributed by atoms with E-state index in [0.29, 0.717) is 17.8 Å². The fraction of sp³-hybridized carbons (Fsp3) is 0.609. The minimum atomic E-state index is -1.03. The van der Waals surface area contributed by atoms with Crippen LogP contribution in [0.1, 0.15) is 59.8 Å². The summed E-state index contributed by atoms with van der Waals surface area (Å²) in [5.74, 6) is -0.998. The number of aldehydes is 1. The summed E-state index contributed by atoms with van der Waals surface area (Å²) in [6.45, 7) is 7.93. The van der Waals surface area contributed by atoms with Crippen LogP contribution in [-0.4, -0.2) is 47.9 Å². The minimum absolute atomic E-state index is 0.255. The zero-order valence-corrected chi connectivity index (χ0v) is 20.3. The Morgan fingerprint density at radius 2 is 1.74 bits per heavy atom. The molecule has 0 saturated carbocycles. The molecule has 0 radical (unpaired) electrons. The summed E-state index contributed by atoms with van der Waals surface area (Å²) in [7, 11) is 1.82. The Balaban J connectivity index is 4.45. The first-order valence-electron chi connectivity index (χ1n) is 10.7. The SMILES string of the molecule is CNN/C(=C\CSCC(C=O)NC(=O)C(C)CC(=O)O)CC/C=C(\C)CCC=C(C)C. The van der Waals surface area contributed by atoms with Crippen LogP contribution in [0.25, 0.3) is 0 Å². The molecule has 8 heteroatoms. The van der Waals surface area contributed by atoms with E-state index in [1.165, 1.54) is 29.8 Å². The number of nitrogens with one attached hydrogen (secondary N) is 3. The van der Waals surface area contributed by atoms with Crippen molar-refractivity contribution in [2.75, 3.05) is 18.6 Å². The fourth-order valence-corrected chi connectivity index (χ4v) is 3.56. The quantitative estimate of drug-likeness (QED) is 0.115. The number of carboxylic acid groups (broad SMARTS) is 1. The number of rotatable bonds is 17. The van der Waals surface area contributed by atoms with Crippen LogP contribution in [0.3, 0.4) is 0 Å². The van der Waals surface area contributed by atoms with Gasteiger partial charge in [0, 0.05) is 30.2 Å². The lowest BCUT2D eigenvalue weighted by Crippen LogP contribution is -2.41. The Morgan fingerprint density at radius 3 is 2.32 bits per heavy atom. The molecule has 0 aliphatic heterocycles. The molecule has 4 N–H and O–H groups in total. The maximum atomic E-state index is 12.0. The van der Waals surface area contributed by atoms with Crippen molar-refractivity contribution >= 4 is 29.9 Å². The van der Waals surface area contributed by atoms with E-state index in [0.717, 1.165) is 31.4 Å². The van der Waals surface area contributed by atoms with Gasteiger partial charge in [-0.05, 0) is 46.5 Å². The summed E-state index contributed by atoms with van der Waals surface area (Å²) in [6, 6.07) is -0.630. The number of amides is 1. The zero-order valence-electron chi connectivity index (χ0n) is 19.5. The van der Waals surface area contributed by atoms with Crippen LogP contribution in [0.4, 0.5) is 0 Å². The highest BCUT2D eigenvalue weighted by Crippen LogP contribution is 2.12. The first-order valence-corrected chi connectivity index (χ1v) is 11.8. The van der Waals surface area contributed by atoms with E-state index >= 15 is 0 Å². The van der Waals surface area contributed by atoms with Crippen LogP contribution >= 0.6 is 11.8 Å². The van der Waals surface area contributed by atoms with Gasteiger partial charge in [-0.3, -0.25) is 9.59 Å². The number of hydrogen-bond acceptors (Lipinski definition) is 6. The normalized spacial score (nSPS) is 13.8. The predicted molar refractivity (Wildman–Crippen MR) is 129 cm³/mol. The topological polar surface area (TPSA) is 108 Å². The lowest BCUT2D eigenvalue weighted by atomic mass is 10.1. The van der Waals surface area contributed by atoms with Gasteiger partial charge in [-0.1, -0.05) is 36.3 Å². The van der Waals surface area contributed by atoms with Crippen LogP contribution < -0.4 is 16.2 Å². The van der Waals surface area contributed by atoms with Crippen LogP contribution in [0.15, 0.2) is 35.1 Å². The average molecular weight is 454 g/mol. The van der Waals surface area contributed by atoms with Crippen molar-refractivity contribution in [3.05, 3.63) is 35.1 Å². The summed E-state index contributed by atoms with van der Waals surface area (Å²) in [4.78, 5) is 33.9. The summed E-state index contributed by atoms with van der Waals surface area (Å²) in [6.07, 6.45) is 11.0. The largest absolute Gasteiger partial charge is 0.481 e. The van der Waals surface area contributed by atoms with Crippen molar-refractivity contribution in [3.8, 4) is 0 Å². The first-order chi connectivity index (χ1) is 14.7. The second-order valence-corrected chi connectivity index (χ2v) is 8.88. The summed E-state index contributed by atoms with van der Waals surface area (Å²) < 4.78 is 0. The highest BCUT2D eigenvalue weighted by atomic mass is 32.2. The maximum absolute atomic E-state index is 12.0. The lowest BCUT2D eigenvalue weighted by Gasteiger charge is -2.15. The first kappa shape index (κ1) is 28.9. The molecule has 7 nitrogen and oxygen atoms in total. The van der Waals surface area contributed by atoms with Crippen molar-refractivity contribution in [1.29, 1.82) is 0 Å². The Labute approximate surface area is 191 Å². The van der Waals surface area contributed by atoms with E-state index in [4.69, 9.17) is 5.11 Å². The molecule has 2 atom stereocenters. The summed E-state index contributed by atoms with van der Waals surface area (Å²) in [5, 5.41) is 11.4.